The van der Waals surface area contributed by atoms with Gasteiger partial charge in [0.25, 0.3) is 5.91 Å². The van der Waals surface area contributed by atoms with Crippen LogP contribution < -0.4 is 10.6 Å². The Bertz CT molecular complexity index is 716. The van der Waals surface area contributed by atoms with E-state index in [1.54, 1.807) is 12.1 Å². The quantitative estimate of drug-likeness (QED) is 0.842. The zero-order chi connectivity index (χ0) is 16.8. The Morgan fingerprint density at radius 3 is 2.57 bits per heavy atom. The molecule has 2 rings (SSSR count). The molecule has 120 valence electrons. The molecule has 5 heteroatoms. The molecule has 0 fully saturated rings. The fourth-order valence-electron chi connectivity index (χ4n) is 2.24. The van der Waals surface area contributed by atoms with Gasteiger partial charge in [-0.15, -0.1) is 0 Å². The molecule has 4 nitrogen and oxygen atoms in total. The Labute approximate surface area is 144 Å². The van der Waals surface area contributed by atoms with Gasteiger partial charge in [-0.2, -0.15) is 0 Å². The van der Waals surface area contributed by atoms with Crippen molar-refractivity contribution in [1.82, 2.24) is 10.6 Å². The van der Waals surface area contributed by atoms with Crippen LogP contribution in [0.3, 0.4) is 0 Å². The summed E-state index contributed by atoms with van der Waals surface area (Å²) in [4.78, 5) is 24.1. The molecule has 23 heavy (non-hydrogen) atoms. The van der Waals surface area contributed by atoms with Crippen LogP contribution in [-0.4, -0.2) is 18.4 Å². The van der Waals surface area contributed by atoms with Crippen molar-refractivity contribution in [3.05, 3.63) is 69.7 Å². The maximum Gasteiger partial charge on any atom is 0.251 e. The first-order chi connectivity index (χ1) is 11.0. The van der Waals surface area contributed by atoms with Gasteiger partial charge in [0.2, 0.25) is 5.91 Å². The third kappa shape index (κ3) is 4.93. The van der Waals surface area contributed by atoms with Crippen LogP contribution >= 0.6 is 15.9 Å². The third-order valence-corrected chi connectivity index (χ3v) is 4.02. The Morgan fingerprint density at radius 1 is 1.13 bits per heavy atom. The van der Waals surface area contributed by atoms with Crippen LogP contribution in [-0.2, 0) is 4.79 Å². The maximum atomic E-state index is 12.1. The molecule has 2 aromatic rings. The van der Waals surface area contributed by atoms with Crippen LogP contribution in [0.5, 0.6) is 0 Å². The highest BCUT2D eigenvalue weighted by atomic mass is 79.9. The summed E-state index contributed by atoms with van der Waals surface area (Å²) < 4.78 is 0.962. The number of halogens is 1. The van der Waals surface area contributed by atoms with Gasteiger partial charge in [-0.3, -0.25) is 9.59 Å². The molecule has 0 radical (unpaired) electrons. The average molecular weight is 375 g/mol. The van der Waals surface area contributed by atoms with E-state index in [2.05, 4.69) is 26.6 Å². The fourth-order valence-corrected chi connectivity index (χ4v) is 2.65. The zero-order valence-corrected chi connectivity index (χ0v) is 14.7. The minimum atomic E-state index is -0.242. The molecule has 0 aliphatic carbocycles. The lowest BCUT2D eigenvalue weighted by Crippen LogP contribution is -2.38. The SMILES string of the molecule is Cc1ccccc1C(=O)NCC(=O)NC(C)c1cccc(Br)c1. The van der Waals surface area contributed by atoms with Gasteiger partial charge in [-0.05, 0) is 43.2 Å². The first-order valence-electron chi connectivity index (χ1n) is 7.36. The van der Waals surface area contributed by atoms with Crippen molar-refractivity contribution in [3.8, 4) is 0 Å². The molecular weight excluding hydrogens is 356 g/mol. The summed E-state index contributed by atoms with van der Waals surface area (Å²) in [7, 11) is 0. The number of amides is 2. The van der Waals surface area contributed by atoms with Crippen LogP contribution in [0.4, 0.5) is 0 Å². The highest BCUT2D eigenvalue weighted by molar-refractivity contribution is 9.10. The van der Waals surface area contributed by atoms with E-state index in [-0.39, 0.29) is 24.4 Å². The van der Waals surface area contributed by atoms with E-state index in [9.17, 15) is 9.59 Å². The minimum Gasteiger partial charge on any atom is -0.348 e. The Hall–Kier alpha value is -2.14. The molecule has 1 atom stereocenters. The Morgan fingerprint density at radius 2 is 1.87 bits per heavy atom. The van der Waals surface area contributed by atoms with E-state index in [0.29, 0.717) is 5.56 Å². The second kappa shape index (κ2) is 7.92. The van der Waals surface area contributed by atoms with Crippen LogP contribution in [0.2, 0.25) is 0 Å². The largest absolute Gasteiger partial charge is 0.348 e. The summed E-state index contributed by atoms with van der Waals surface area (Å²) in [6.07, 6.45) is 0. The predicted octanol–water partition coefficient (Wildman–Crippen LogP) is 3.36. The minimum absolute atomic E-state index is 0.0501. The lowest BCUT2D eigenvalue weighted by Gasteiger charge is -2.15. The topological polar surface area (TPSA) is 58.2 Å². The fraction of sp³-hybridized carbons (Fsp3) is 0.222. The number of hydrogen-bond acceptors (Lipinski definition) is 2. The van der Waals surface area contributed by atoms with Gasteiger partial charge in [0, 0.05) is 10.0 Å². The summed E-state index contributed by atoms with van der Waals surface area (Å²) in [6.45, 7) is 3.72. The first kappa shape index (κ1) is 17.2. The summed E-state index contributed by atoms with van der Waals surface area (Å²) in [6, 6.07) is 14.9. The van der Waals surface area contributed by atoms with Crippen molar-refractivity contribution in [2.75, 3.05) is 6.54 Å². The van der Waals surface area contributed by atoms with E-state index in [1.165, 1.54) is 0 Å². The Balaban J connectivity index is 1.88. The lowest BCUT2D eigenvalue weighted by atomic mass is 10.1. The third-order valence-electron chi connectivity index (χ3n) is 3.53. The molecule has 0 aliphatic heterocycles. The highest BCUT2D eigenvalue weighted by Crippen LogP contribution is 2.17. The molecule has 2 amide bonds. The van der Waals surface area contributed by atoms with Crippen molar-refractivity contribution in [2.24, 2.45) is 0 Å². The molecule has 1 unspecified atom stereocenters. The van der Waals surface area contributed by atoms with Crippen LogP contribution in [0.1, 0.15) is 34.5 Å². The Kier molecular flexibility index (Phi) is 5.93. The lowest BCUT2D eigenvalue weighted by molar-refractivity contribution is -0.120. The van der Waals surface area contributed by atoms with Gasteiger partial charge in [0.1, 0.15) is 0 Å². The average Bonchev–Trinajstić information content (AvgIpc) is 2.53. The van der Waals surface area contributed by atoms with Gasteiger partial charge in [-0.25, -0.2) is 0 Å². The van der Waals surface area contributed by atoms with Crippen LogP contribution in [0.25, 0.3) is 0 Å². The zero-order valence-electron chi connectivity index (χ0n) is 13.1. The van der Waals surface area contributed by atoms with Crippen molar-refractivity contribution in [1.29, 1.82) is 0 Å². The summed E-state index contributed by atoms with van der Waals surface area (Å²) in [5.41, 5.74) is 2.46. The molecule has 0 saturated heterocycles. The van der Waals surface area contributed by atoms with Crippen molar-refractivity contribution in [3.63, 3.8) is 0 Å². The number of nitrogens with one attached hydrogen (secondary N) is 2. The predicted molar refractivity (Wildman–Crippen MR) is 94.2 cm³/mol. The van der Waals surface area contributed by atoms with Gasteiger partial charge in [-0.1, -0.05) is 46.3 Å². The van der Waals surface area contributed by atoms with Gasteiger partial charge >= 0.3 is 0 Å². The van der Waals surface area contributed by atoms with Crippen LogP contribution in [0, 0.1) is 6.92 Å². The van der Waals surface area contributed by atoms with Gasteiger partial charge in [0.05, 0.1) is 12.6 Å². The van der Waals surface area contributed by atoms with Crippen molar-refractivity contribution in [2.45, 2.75) is 19.9 Å². The highest BCUT2D eigenvalue weighted by Gasteiger charge is 2.12. The molecule has 2 aromatic carbocycles. The van der Waals surface area contributed by atoms with Crippen molar-refractivity contribution < 1.29 is 9.59 Å². The van der Waals surface area contributed by atoms with E-state index < -0.39 is 0 Å². The number of aryl methyl sites for hydroxylation is 1. The number of benzene rings is 2. The molecule has 0 heterocycles. The second-order valence-electron chi connectivity index (χ2n) is 5.34. The molecule has 0 spiro atoms. The molecular formula is C18H19BrN2O2. The maximum absolute atomic E-state index is 12.1. The standard InChI is InChI=1S/C18H19BrN2O2/c1-12-6-3-4-9-16(12)18(23)20-11-17(22)21-13(2)14-7-5-8-15(19)10-14/h3-10,13H,11H2,1-2H3,(H,20,23)(H,21,22). The summed E-state index contributed by atoms with van der Waals surface area (Å²) >= 11 is 3.41. The van der Waals surface area contributed by atoms with Crippen molar-refractivity contribution >= 4 is 27.7 Å². The number of carbonyl (C=O) groups excluding carboxylic acids is 2. The number of carbonyl (C=O) groups is 2. The normalized spacial score (nSPS) is 11.6. The van der Waals surface area contributed by atoms with Gasteiger partial charge < -0.3 is 10.6 Å². The molecule has 2 N–H and O–H groups in total. The molecule has 0 saturated carbocycles. The van der Waals surface area contributed by atoms with Crippen LogP contribution in [0.15, 0.2) is 53.0 Å². The summed E-state index contributed by atoms with van der Waals surface area (Å²) in [5.74, 6) is -0.465. The molecule has 0 aliphatic rings. The van der Waals surface area contributed by atoms with E-state index in [1.807, 2.05) is 50.2 Å². The van der Waals surface area contributed by atoms with E-state index >= 15 is 0 Å². The van der Waals surface area contributed by atoms with Gasteiger partial charge in [0.15, 0.2) is 0 Å². The molecule has 0 bridgehead atoms. The first-order valence-corrected chi connectivity index (χ1v) is 8.15. The smallest absolute Gasteiger partial charge is 0.251 e. The number of rotatable bonds is 5. The summed E-state index contributed by atoms with van der Waals surface area (Å²) in [5, 5.41) is 5.52. The monoisotopic (exact) mass is 374 g/mol. The number of hydrogen-bond donors (Lipinski definition) is 2. The van der Waals surface area contributed by atoms with E-state index in [4.69, 9.17) is 0 Å². The van der Waals surface area contributed by atoms with E-state index in [0.717, 1.165) is 15.6 Å². The second-order valence-corrected chi connectivity index (χ2v) is 6.26. The molecule has 0 aromatic heterocycles.